The number of carbonyl (C=O) groups excluding carboxylic acids is 1. The van der Waals surface area contributed by atoms with E-state index in [0.717, 1.165) is 36.8 Å². The molecule has 0 amide bonds. The Morgan fingerprint density at radius 3 is 2.43 bits per heavy atom. The van der Waals surface area contributed by atoms with Gasteiger partial charge >= 0.3 is 5.97 Å². The predicted octanol–water partition coefficient (Wildman–Crippen LogP) is 4.50. The number of phenolic OH excluding ortho intramolecular Hbond substituents is 1. The van der Waals surface area contributed by atoms with Gasteiger partial charge in [-0.15, -0.1) is 0 Å². The summed E-state index contributed by atoms with van der Waals surface area (Å²) >= 11 is 0. The average Bonchev–Trinajstić information content (AvgIpc) is 2.73. The van der Waals surface area contributed by atoms with Crippen LogP contribution in [0.1, 0.15) is 30.6 Å². The number of aromatic hydroxyl groups is 1. The van der Waals surface area contributed by atoms with Crippen molar-refractivity contribution in [2.75, 3.05) is 26.2 Å². The molecule has 0 spiro atoms. The van der Waals surface area contributed by atoms with Crippen LogP contribution < -0.4 is 0 Å². The van der Waals surface area contributed by atoms with E-state index in [4.69, 9.17) is 4.74 Å². The lowest BCUT2D eigenvalue weighted by atomic mass is 10.0. The number of fused-ring (bicyclic) bond motifs is 1. The van der Waals surface area contributed by atoms with E-state index in [2.05, 4.69) is 23.7 Å². The van der Waals surface area contributed by atoms with Gasteiger partial charge in [0.25, 0.3) is 0 Å². The topological polar surface area (TPSA) is 62.7 Å². The maximum Gasteiger partial charge on any atom is 0.340 e. The fraction of sp³-hybridized carbons (Fsp3) is 0.304. The minimum absolute atomic E-state index is 0.159. The number of benzene rings is 2. The average molecular weight is 378 g/mol. The molecule has 0 unspecified atom stereocenters. The smallest absolute Gasteiger partial charge is 0.340 e. The molecule has 0 bridgehead atoms. The number of hydrogen-bond acceptors (Lipinski definition) is 5. The zero-order chi connectivity index (χ0) is 19.9. The highest BCUT2D eigenvalue weighted by molar-refractivity contribution is 6.08. The maximum absolute atomic E-state index is 12.6. The molecule has 146 valence electrons. The third-order valence-electron chi connectivity index (χ3n) is 4.92. The van der Waals surface area contributed by atoms with Gasteiger partial charge in [0, 0.05) is 23.7 Å². The van der Waals surface area contributed by atoms with E-state index in [-0.39, 0.29) is 11.7 Å². The predicted molar refractivity (Wildman–Crippen MR) is 112 cm³/mol. The zero-order valence-electron chi connectivity index (χ0n) is 16.4. The highest BCUT2D eigenvalue weighted by Crippen LogP contribution is 2.33. The van der Waals surface area contributed by atoms with E-state index in [0.29, 0.717) is 23.4 Å². The number of pyridine rings is 1. The SMILES string of the molecule is CCN(CC)CCCOC(=O)c1cnc(-c2ccccc2O)c2ccccc12. The molecule has 0 fully saturated rings. The Morgan fingerprint density at radius 1 is 1.04 bits per heavy atom. The summed E-state index contributed by atoms with van der Waals surface area (Å²) < 4.78 is 5.49. The Morgan fingerprint density at radius 2 is 1.71 bits per heavy atom. The standard InChI is InChI=1S/C23H26N2O3/c1-3-25(4-2)14-9-15-28-23(27)20-16-24-22(18-11-6-5-10-17(18)20)19-12-7-8-13-21(19)26/h5-8,10-13,16,26H,3-4,9,14-15H2,1-2H3. The molecule has 0 atom stereocenters. The number of nitrogens with zero attached hydrogens (tertiary/aromatic N) is 2. The van der Waals surface area contributed by atoms with Crippen LogP contribution in [0.15, 0.2) is 54.7 Å². The minimum Gasteiger partial charge on any atom is -0.507 e. The van der Waals surface area contributed by atoms with E-state index in [1.54, 1.807) is 12.1 Å². The zero-order valence-corrected chi connectivity index (χ0v) is 16.4. The van der Waals surface area contributed by atoms with Crippen molar-refractivity contribution in [1.29, 1.82) is 0 Å². The summed E-state index contributed by atoms with van der Waals surface area (Å²) in [6.45, 7) is 7.52. The molecule has 0 saturated carbocycles. The quantitative estimate of drug-likeness (QED) is 0.462. The van der Waals surface area contributed by atoms with Gasteiger partial charge in [0.1, 0.15) is 5.75 Å². The van der Waals surface area contributed by atoms with Crippen LogP contribution in [0.4, 0.5) is 0 Å². The van der Waals surface area contributed by atoms with Gasteiger partial charge in [0.15, 0.2) is 0 Å². The lowest BCUT2D eigenvalue weighted by Gasteiger charge is -2.17. The first kappa shape index (κ1) is 19.8. The van der Waals surface area contributed by atoms with Crippen molar-refractivity contribution < 1.29 is 14.6 Å². The molecule has 2 aromatic carbocycles. The van der Waals surface area contributed by atoms with E-state index in [9.17, 15) is 9.90 Å². The van der Waals surface area contributed by atoms with Gasteiger partial charge in [0.05, 0.1) is 17.9 Å². The van der Waals surface area contributed by atoms with Gasteiger partial charge in [-0.1, -0.05) is 50.2 Å². The van der Waals surface area contributed by atoms with Gasteiger partial charge in [0.2, 0.25) is 0 Å². The molecule has 5 heteroatoms. The third-order valence-corrected chi connectivity index (χ3v) is 4.92. The van der Waals surface area contributed by atoms with Gasteiger partial charge in [-0.2, -0.15) is 0 Å². The molecule has 3 rings (SSSR count). The number of para-hydroxylation sites is 1. The molecule has 0 aliphatic heterocycles. The third kappa shape index (κ3) is 4.31. The van der Waals surface area contributed by atoms with Crippen molar-refractivity contribution in [3.63, 3.8) is 0 Å². The van der Waals surface area contributed by atoms with E-state index >= 15 is 0 Å². The minimum atomic E-state index is -0.368. The van der Waals surface area contributed by atoms with Crippen LogP contribution in [0.3, 0.4) is 0 Å². The number of esters is 1. The van der Waals surface area contributed by atoms with Crippen LogP contribution in [0.5, 0.6) is 5.75 Å². The molecule has 0 radical (unpaired) electrons. The first-order valence-corrected chi connectivity index (χ1v) is 9.71. The molecule has 0 aliphatic rings. The monoisotopic (exact) mass is 378 g/mol. The normalized spacial score (nSPS) is 11.1. The molecular formula is C23H26N2O3. The first-order valence-electron chi connectivity index (χ1n) is 9.71. The Bertz CT molecular complexity index is 951. The molecule has 1 heterocycles. The van der Waals surface area contributed by atoms with Crippen molar-refractivity contribution in [2.24, 2.45) is 0 Å². The fourth-order valence-electron chi connectivity index (χ4n) is 3.31. The summed E-state index contributed by atoms with van der Waals surface area (Å²) in [5.74, 6) is -0.209. The van der Waals surface area contributed by atoms with Crippen LogP contribution in [0.25, 0.3) is 22.0 Å². The summed E-state index contributed by atoms with van der Waals surface area (Å²) in [4.78, 5) is 19.4. The number of ether oxygens (including phenoxy) is 1. The molecule has 3 aromatic rings. The molecule has 1 N–H and O–H groups in total. The van der Waals surface area contributed by atoms with E-state index in [1.807, 2.05) is 36.4 Å². The maximum atomic E-state index is 12.6. The summed E-state index contributed by atoms with van der Waals surface area (Å²) in [7, 11) is 0. The molecule has 0 aliphatic carbocycles. The summed E-state index contributed by atoms with van der Waals surface area (Å²) in [5, 5.41) is 11.8. The Hall–Kier alpha value is -2.92. The van der Waals surface area contributed by atoms with Crippen molar-refractivity contribution in [3.8, 4) is 17.0 Å². The summed E-state index contributed by atoms with van der Waals surface area (Å²) in [5.41, 5.74) is 1.72. The largest absolute Gasteiger partial charge is 0.507 e. The van der Waals surface area contributed by atoms with Gasteiger partial charge < -0.3 is 14.7 Å². The molecular weight excluding hydrogens is 352 g/mol. The van der Waals surface area contributed by atoms with E-state index in [1.165, 1.54) is 6.20 Å². The summed E-state index contributed by atoms with van der Waals surface area (Å²) in [6.07, 6.45) is 2.34. The van der Waals surface area contributed by atoms with Gasteiger partial charge in [-0.3, -0.25) is 4.98 Å². The van der Waals surface area contributed by atoms with Crippen molar-refractivity contribution in [3.05, 3.63) is 60.3 Å². The second-order valence-corrected chi connectivity index (χ2v) is 6.60. The number of aromatic nitrogens is 1. The van der Waals surface area contributed by atoms with Crippen LogP contribution >= 0.6 is 0 Å². The second kappa shape index (κ2) is 9.33. The fourth-order valence-corrected chi connectivity index (χ4v) is 3.31. The van der Waals surface area contributed by atoms with Crippen LogP contribution in [0, 0.1) is 0 Å². The Labute approximate surface area is 165 Å². The van der Waals surface area contributed by atoms with Gasteiger partial charge in [-0.05, 0) is 37.0 Å². The van der Waals surface area contributed by atoms with E-state index < -0.39 is 0 Å². The lowest BCUT2D eigenvalue weighted by Crippen LogP contribution is -2.25. The lowest BCUT2D eigenvalue weighted by molar-refractivity contribution is 0.0491. The number of rotatable bonds is 8. The Kier molecular flexibility index (Phi) is 6.61. The van der Waals surface area contributed by atoms with Crippen molar-refractivity contribution in [2.45, 2.75) is 20.3 Å². The second-order valence-electron chi connectivity index (χ2n) is 6.60. The summed E-state index contributed by atoms with van der Waals surface area (Å²) in [6, 6.07) is 14.6. The molecule has 0 saturated heterocycles. The Balaban J connectivity index is 1.83. The van der Waals surface area contributed by atoms with Crippen molar-refractivity contribution >= 4 is 16.7 Å². The highest BCUT2D eigenvalue weighted by atomic mass is 16.5. The van der Waals surface area contributed by atoms with Gasteiger partial charge in [-0.25, -0.2) is 4.79 Å². The van der Waals surface area contributed by atoms with Crippen LogP contribution in [-0.2, 0) is 4.74 Å². The van der Waals surface area contributed by atoms with Crippen LogP contribution in [0.2, 0.25) is 0 Å². The van der Waals surface area contributed by atoms with Crippen LogP contribution in [-0.4, -0.2) is 47.2 Å². The number of carbonyl (C=O) groups is 1. The number of hydrogen-bond donors (Lipinski definition) is 1. The molecule has 1 aromatic heterocycles. The first-order chi connectivity index (χ1) is 13.7. The molecule has 28 heavy (non-hydrogen) atoms. The van der Waals surface area contributed by atoms with Crippen molar-refractivity contribution in [1.82, 2.24) is 9.88 Å². The highest BCUT2D eigenvalue weighted by Gasteiger charge is 2.17. The molecule has 5 nitrogen and oxygen atoms in total. The number of phenols is 1.